The second-order valence-corrected chi connectivity index (χ2v) is 4.44. The molecule has 20 heavy (non-hydrogen) atoms. The highest BCUT2D eigenvalue weighted by atomic mass is 16.2. The summed E-state index contributed by atoms with van der Waals surface area (Å²) in [6.45, 7) is 1.08. The maximum Gasteiger partial charge on any atom is 0.316 e. The van der Waals surface area contributed by atoms with Crippen LogP contribution < -0.4 is 16.0 Å². The third-order valence-corrected chi connectivity index (χ3v) is 2.73. The molecule has 0 aromatic carbocycles. The molecule has 0 saturated carbocycles. The van der Waals surface area contributed by atoms with E-state index in [1.165, 1.54) is 4.90 Å². The summed E-state index contributed by atoms with van der Waals surface area (Å²) in [5, 5.41) is 8.95. The molecule has 108 valence electrons. The van der Waals surface area contributed by atoms with E-state index in [1.54, 1.807) is 20.3 Å². The van der Waals surface area contributed by atoms with E-state index in [1.807, 2.05) is 23.8 Å². The van der Waals surface area contributed by atoms with Crippen LogP contribution in [0.3, 0.4) is 0 Å². The van der Waals surface area contributed by atoms with Gasteiger partial charge in [0.15, 0.2) is 11.5 Å². The van der Waals surface area contributed by atoms with E-state index >= 15 is 0 Å². The highest BCUT2D eigenvalue weighted by molar-refractivity contribution is 5.73. The number of urea groups is 1. The zero-order valence-corrected chi connectivity index (χ0v) is 11.8. The molecule has 2 heterocycles. The van der Waals surface area contributed by atoms with Crippen molar-refractivity contribution >= 4 is 23.3 Å². The van der Waals surface area contributed by atoms with Gasteiger partial charge in [0.2, 0.25) is 0 Å². The van der Waals surface area contributed by atoms with Crippen molar-refractivity contribution in [1.29, 1.82) is 0 Å². The van der Waals surface area contributed by atoms with Crippen molar-refractivity contribution in [2.75, 3.05) is 44.9 Å². The summed E-state index contributed by atoms with van der Waals surface area (Å²) in [5.41, 5.74) is 0.753. The van der Waals surface area contributed by atoms with E-state index in [-0.39, 0.29) is 6.03 Å². The van der Waals surface area contributed by atoms with Gasteiger partial charge in [0, 0.05) is 46.6 Å². The summed E-state index contributed by atoms with van der Waals surface area (Å²) in [7, 11) is 5.22. The average Bonchev–Trinajstić information content (AvgIpc) is 2.91. The lowest BCUT2D eigenvalue weighted by Crippen LogP contribution is -2.37. The summed E-state index contributed by atoms with van der Waals surface area (Å²) in [4.78, 5) is 21.5. The minimum Gasteiger partial charge on any atom is -0.372 e. The van der Waals surface area contributed by atoms with Gasteiger partial charge in [-0.25, -0.2) is 14.8 Å². The molecule has 2 rings (SSSR count). The maximum absolute atomic E-state index is 11.4. The van der Waals surface area contributed by atoms with Crippen molar-refractivity contribution in [1.82, 2.24) is 24.6 Å². The van der Waals surface area contributed by atoms with Crippen molar-refractivity contribution < 1.29 is 4.79 Å². The molecule has 0 aliphatic rings. The number of fused-ring (bicyclic) bond motifs is 1. The molecule has 0 radical (unpaired) electrons. The van der Waals surface area contributed by atoms with Gasteiger partial charge in [0.05, 0.1) is 6.20 Å². The zero-order chi connectivity index (χ0) is 14.5. The Morgan fingerprint density at radius 3 is 2.90 bits per heavy atom. The van der Waals surface area contributed by atoms with Crippen molar-refractivity contribution in [3.63, 3.8) is 0 Å². The van der Waals surface area contributed by atoms with Gasteiger partial charge in [-0.2, -0.15) is 0 Å². The smallest absolute Gasteiger partial charge is 0.316 e. The number of amides is 2. The van der Waals surface area contributed by atoms with Crippen molar-refractivity contribution in [2.24, 2.45) is 0 Å². The number of imidazole rings is 1. The number of rotatable bonds is 5. The van der Waals surface area contributed by atoms with Crippen LogP contribution in [0.1, 0.15) is 0 Å². The second-order valence-electron chi connectivity index (χ2n) is 4.44. The van der Waals surface area contributed by atoms with Crippen molar-refractivity contribution in [3.8, 4) is 0 Å². The molecule has 3 N–H and O–H groups in total. The molecule has 0 aliphatic heterocycles. The minimum atomic E-state index is -0.116. The first-order chi connectivity index (χ1) is 9.61. The van der Waals surface area contributed by atoms with E-state index in [0.717, 1.165) is 11.5 Å². The normalized spacial score (nSPS) is 10.3. The fourth-order valence-corrected chi connectivity index (χ4v) is 1.68. The molecule has 0 spiro atoms. The largest absolute Gasteiger partial charge is 0.372 e. The van der Waals surface area contributed by atoms with Gasteiger partial charge >= 0.3 is 6.03 Å². The van der Waals surface area contributed by atoms with Gasteiger partial charge in [-0.1, -0.05) is 0 Å². The Morgan fingerprint density at radius 2 is 2.20 bits per heavy atom. The Labute approximate surface area is 117 Å². The lowest BCUT2D eigenvalue weighted by Gasteiger charge is -2.13. The summed E-state index contributed by atoms with van der Waals surface area (Å²) in [5.74, 6) is 1.43. The Balaban J connectivity index is 1.99. The van der Waals surface area contributed by atoms with Gasteiger partial charge < -0.3 is 25.3 Å². The van der Waals surface area contributed by atoms with Crippen LogP contribution in [0.15, 0.2) is 18.6 Å². The fourth-order valence-electron chi connectivity index (χ4n) is 1.68. The average molecular weight is 277 g/mol. The lowest BCUT2D eigenvalue weighted by molar-refractivity contribution is 0.218. The third kappa shape index (κ3) is 3.08. The number of anilines is 2. The Morgan fingerprint density at radius 1 is 1.40 bits per heavy atom. The lowest BCUT2D eigenvalue weighted by atomic mass is 10.5. The predicted octanol–water partition coefficient (Wildman–Crippen LogP) is 0.454. The predicted molar refractivity (Wildman–Crippen MR) is 78.1 cm³/mol. The molecule has 8 nitrogen and oxygen atoms in total. The minimum absolute atomic E-state index is 0.116. The van der Waals surface area contributed by atoms with Crippen LogP contribution in [0.2, 0.25) is 0 Å². The van der Waals surface area contributed by atoms with E-state index in [0.29, 0.717) is 18.9 Å². The van der Waals surface area contributed by atoms with Gasteiger partial charge in [-0.15, -0.1) is 0 Å². The van der Waals surface area contributed by atoms with Gasteiger partial charge in [0.1, 0.15) is 5.82 Å². The third-order valence-electron chi connectivity index (χ3n) is 2.73. The molecule has 0 aliphatic carbocycles. The molecule has 2 aromatic rings. The van der Waals surface area contributed by atoms with Crippen LogP contribution in [0.4, 0.5) is 16.4 Å². The molecule has 0 fully saturated rings. The highest BCUT2D eigenvalue weighted by Crippen LogP contribution is 2.15. The van der Waals surface area contributed by atoms with E-state index in [4.69, 9.17) is 0 Å². The van der Waals surface area contributed by atoms with Gasteiger partial charge in [0.25, 0.3) is 0 Å². The van der Waals surface area contributed by atoms with E-state index in [2.05, 4.69) is 25.9 Å². The molecule has 0 saturated heterocycles. The molecule has 2 aromatic heterocycles. The number of nitrogens with one attached hydrogen (secondary N) is 3. The molecule has 0 bridgehead atoms. The topological polar surface area (TPSA) is 86.6 Å². The Kier molecular flexibility index (Phi) is 4.24. The zero-order valence-electron chi connectivity index (χ0n) is 11.8. The summed E-state index contributed by atoms with van der Waals surface area (Å²) >= 11 is 0. The van der Waals surface area contributed by atoms with E-state index < -0.39 is 0 Å². The molecule has 2 amide bonds. The molecular weight excluding hydrogens is 258 g/mol. The standard InChI is InChI=1S/C12H19N7O/c1-13-9-8-19-7-6-15-11(19)10(17-9)14-4-5-16-12(20)18(2)3/h6-8,13H,4-5H2,1-3H3,(H,14,17)(H,16,20). The first-order valence-corrected chi connectivity index (χ1v) is 6.32. The van der Waals surface area contributed by atoms with Crippen LogP contribution in [0.25, 0.3) is 5.65 Å². The number of carbonyl (C=O) groups is 1. The quantitative estimate of drug-likeness (QED) is 0.691. The first kappa shape index (κ1) is 13.9. The fraction of sp³-hybridized carbons (Fsp3) is 0.417. The molecule has 0 unspecified atom stereocenters. The monoisotopic (exact) mass is 277 g/mol. The number of hydrogen-bond donors (Lipinski definition) is 3. The number of hydrogen-bond acceptors (Lipinski definition) is 5. The number of carbonyl (C=O) groups excluding carboxylic acids is 1. The highest BCUT2D eigenvalue weighted by Gasteiger charge is 2.07. The second kappa shape index (κ2) is 6.09. The summed E-state index contributed by atoms with van der Waals surface area (Å²) in [6, 6.07) is -0.116. The van der Waals surface area contributed by atoms with Gasteiger partial charge in [-0.05, 0) is 0 Å². The van der Waals surface area contributed by atoms with Crippen LogP contribution >= 0.6 is 0 Å². The van der Waals surface area contributed by atoms with E-state index in [9.17, 15) is 4.79 Å². The summed E-state index contributed by atoms with van der Waals surface area (Å²) < 4.78 is 1.89. The van der Waals surface area contributed by atoms with Gasteiger partial charge in [-0.3, -0.25) is 0 Å². The van der Waals surface area contributed by atoms with Crippen LogP contribution in [0, 0.1) is 0 Å². The molecular formula is C12H19N7O. The summed E-state index contributed by atoms with van der Waals surface area (Å²) in [6.07, 6.45) is 5.44. The molecule has 0 atom stereocenters. The van der Waals surface area contributed by atoms with Crippen molar-refractivity contribution in [2.45, 2.75) is 0 Å². The van der Waals surface area contributed by atoms with Crippen LogP contribution in [0.5, 0.6) is 0 Å². The number of nitrogens with zero attached hydrogens (tertiary/aromatic N) is 4. The van der Waals surface area contributed by atoms with Crippen LogP contribution in [-0.2, 0) is 0 Å². The van der Waals surface area contributed by atoms with Crippen molar-refractivity contribution in [3.05, 3.63) is 18.6 Å². The SMILES string of the molecule is CNc1cn2ccnc2c(NCCNC(=O)N(C)C)n1. The first-order valence-electron chi connectivity index (χ1n) is 6.32. The Bertz CT molecular complexity index is 593. The maximum atomic E-state index is 11.4. The Hall–Kier alpha value is -2.51. The molecule has 8 heteroatoms. The van der Waals surface area contributed by atoms with Crippen LogP contribution in [-0.4, -0.2) is 59.5 Å². The number of aromatic nitrogens is 3.